The second-order valence-electron chi connectivity index (χ2n) is 7.60. The lowest BCUT2D eigenvalue weighted by Crippen LogP contribution is -2.33. The number of aromatic carboxylic acids is 1. The monoisotopic (exact) mass is 397 g/mol. The number of hydrogen-bond acceptors (Lipinski definition) is 3. The van der Waals surface area contributed by atoms with E-state index in [-0.39, 0.29) is 35.1 Å². The lowest BCUT2D eigenvalue weighted by Gasteiger charge is -2.21. The van der Waals surface area contributed by atoms with Crippen molar-refractivity contribution in [3.05, 3.63) is 71.3 Å². The smallest absolute Gasteiger partial charge is 0.335 e. The molecule has 0 aromatic heterocycles. The van der Waals surface area contributed by atoms with Crippen LogP contribution in [0.3, 0.4) is 0 Å². The van der Waals surface area contributed by atoms with E-state index >= 15 is 0 Å². The van der Waals surface area contributed by atoms with Crippen LogP contribution in [-0.2, 0) is 16.0 Å². The number of Topliss-reactive ketones (excluding diaryl/α,β-unsaturated/α-hetero) is 1. The summed E-state index contributed by atoms with van der Waals surface area (Å²) in [5.41, 5.74) is 2.25. The van der Waals surface area contributed by atoms with Gasteiger partial charge in [0.2, 0.25) is 5.91 Å². The van der Waals surface area contributed by atoms with Crippen LogP contribution in [0.25, 0.3) is 0 Å². The van der Waals surface area contributed by atoms with E-state index in [1.54, 1.807) is 31.2 Å². The van der Waals surface area contributed by atoms with Gasteiger partial charge in [0.15, 0.2) is 0 Å². The molecule has 0 aliphatic carbocycles. The molecule has 2 rings (SSSR count). The maximum absolute atomic E-state index is 12.1. The molecule has 1 amide bonds. The molecule has 2 aromatic rings. The van der Waals surface area contributed by atoms with Crippen LogP contribution in [0.15, 0.2) is 54.6 Å². The molecule has 1 unspecified atom stereocenters. The second kappa shape index (κ2) is 11.8. The van der Waals surface area contributed by atoms with Gasteiger partial charge in [-0.3, -0.25) is 9.59 Å². The van der Waals surface area contributed by atoms with Crippen molar-refractivity contribution >= 4 is 17.7 Å². The quantitative estimate of drug-likeness (QED) is 0.711. The zero-order valence-corrected chi connectivity index (χ0v) is 17.8. The highest BCUT2D eigenvalue weighted by atomic mass is 16.4. The number of nitrogens with one attached hydrogen (secondary N) is 1. The van der Waals surface area contributed by atoms with Gasteiger partial charge in [-0.1, -0.05) is 70.2 Å². The number of carboxylic acid groups (broad SMARTS) is 1. The Morgan fingerprint density at radius 3 is 1.79 bits per heavy atom. The van der Waals surface area contributed by atoms with Crippen molar-refractivity contribution < 1.29 is 19.5 Å². The topological polar surface area (TPSA) is 83.5 Å². The molecule has 0 saturated heterocycles. The number of rotatable bonds is 7. The van der Waals surface area contributed by atoms with Crippen LogP contribution < -0.4 is 5.32 Å². The van der Waals surface area contributed by atoms with Crippen LogP contribution in [0.1, 0.15) is 62.1 Å². The third-order valence-electron chi connectivity index (χ3n) is 4.50. The second-order valence-corrected chi connectivity index (χ2v) is 7.60. The SMILES string of the molecule is CC(=O)C(C)C.CC(C)C(=O)NC(Cc1ccccc1)c1ccc(C(=O)O)cc1. The van der Waals surface area contributed by atoms with E-state index in [1.807, 2.05) is 58.0 Å². The van der Waals surface area contributed by atoms with E-state index in [1.165, 1.54) is 0 Å². The molecule has 0 aliphatic heterocycles. The van der Waals surface area contributed by atoms with Crippen LogP contribution in [0.2, 0.25) is 0 Å². The van der Waals surface area contributed by atoms with E-state index in [4.69, 9.17) is 5.11 Å². The third-order valence-corrected chi connectivity index (χ3v) is 4.50. The van der Waals surface area contributed by atoms with Crippen molar-refractivity contribution in [2.45, 2.75) is 47.1 Å². The maximum Gasteiger partial charge on any atom is 0.335 e. The van der Waals surface area contributed by atoms with Crippen LogP contribution in [0.5, 0.6) is 0 Å². The van der Waals surface area contributed by atoms with Gasteiger partial charge >= 0.3 is 5.97 Å². The first-order valence-corrected chi connectivity index (χ1v) is 9.79. The summed E-state index contributed by atoms with van der Waals surface area (Å²) in [5.74, 6) is -0.609. The molecule has 5 heteroatoms. The summed E-state index contributed by atoms with van der Waals surface area (Å²) in [4.78, 5) is 33.2. The Kier molecular flexibility index (Phi) is 9.80. The zero-order valence-electron chi connectivity index (χ0n) is 17.8. The van der Waals surface area contributed by atoms with Gasteiger partial charge in [0.1, 0.15) is 5.78 Å². The fourth-order valence-corrected chi connectivity index (χ4v) is 2.30. The maximum atomic E-state index is 12.1. The van der Waals surface area contributed by atoms with Crippen LogP contribution in [-0.4, -0.2) is 22.8 Å². The summed E-state index contributed by atoms with van der Waals surface area (Å²) >= 11 is 0. The molecule has 29 heavy (non-hydrogen) atoms. The van der Waals surface area contributed by atoms with Crippen LogP contribution in [0.4, 0.5) is 0 Å². The lowest BCUT2D eigenvalue weighted by molar-refractivity contribution is -0.124. The molecule has 156 valence electrons. The van der Waals surface area contributed by atoms with Crippen LogP contribution >= 0.6 is 0 Å². The molecule has 0 saturated carbocycles. The Bertz CT molecular complexity index is 795. The van der Waals surface area contributed by atoms with Crippen LogP contribution in [0, 0.1) is 11.8 Å². The normalized spacial score (nSPS) is 11.4. The molecular weight excluding hydrogens is 366 g/mol. The highest BCUT2D eigenvalue weighted by Gasteiger charge is 2.17. The highest BCUT2D eigenvalue weighted by Crippen LogP contribution is 2.20. The number of hydrogen-bond donors (Lipinski definition) is 2. The van der Waals surface area contributed by atoms with Crippen molar-refractivity contribution in [1.82, 2.24) is 5.32 Å². The number of amides is 1. The predicted molar refractivity (Wildman–Crippen MR) is 115 cm³/mol. The number of carbonyl (C=O) groups excluding carboxylic acids is 2. The Hall–Kier alpha value is -2.95. The van der Waals surface area contributed by atoms with Crippen molar-refractivity contribution in [3.8, 4) is 0 Å². The molecule has 2 aromatic carbocycles. The standard InChI is InChI=1S/C19H21NO3.C5H10O/c1-13(2)18(21)20-17(12-14-6-4-3-5-7-14)15-8-10-16(11-9-15)19(22)23;1-4(2)5(3)6/h3-11,13,17H,12H2,1-2H3,(H,20,21)(H,22,23);4H,1-3H3. The van der Waals surface area contributed by atoms with E-state index in [0.29, 0.717) is 6.42 Å². The number of carbonyl (C=O) groups is 3. The van der Waals surface area contributed by atoms with Gasteiger partial charge < -0.3 is 10.4 Å². The van der Waals surface area contributed by atoms with Gasteiger partial charge in [-0.05, 0) is 36.6 Å². The van der Waals surface area contributed by atoms with Crippen molar-refractivity contribution in [2.75, 3.05) is 0 Å². The van der Waals surface area contributed by atoms with E-state index in [0.717, 1.165) is 11.1 Å². The first-order valence-electron chi connectivity index (χ1n) is 9.79. The van der Waals surface area contributed by atoms with E-state index < -0.39 is 5.97 Å². The van der Waals surface area contributed by atoms with Gasteiger partial charge in [-0.15, -0.1) is 0 Å². The zero-order chi connectivity index (χ0) is 22.0. The number of ketones is 1. The van der Waals surface area contributed by atoms with Gasteiger partial charge in [0.25, 0.3) is 0 Å². The van der Waals surface area contributed by atoms with Gasteiger partial charge in [-0.25, -0.2) is 4.79 Å². The predicted octanol–water partition coefficient (Wildman–Crippen LogP) is 4.67. The third kappa shape index (κ3) is 8.73. The van der Waals surface area contributed by atoms with E-state index in [9.17, 15) is 14.4 Å². The largest absolute Gasteiger partial charge is 0.478 e. The molecule has 0 spiro atoms. The molecule has 0 aliphatic rings. The van der Waals surface area contributed by atoms with Gasteiger partial charge in [0, 0.05) is 11.8 Å². The van der Waals surface area contributed by atoms with Crippen molar-refractivity contribution in [3.63, 3.8) is 0 Å². The number of carboxylic acids is 1. The molecule has 5 nitrogen and oxygen atoms in total. The Labute approximate surface area is 173 Å². The van der Waals surface area contributed by atoms with Crippen molar-refractivity contribution in [2.24, 2.45) is 11.8 Å². The fourth-order valence-electron chi connectivity index (χ4n) is 2.30. The van der Waals surface area contributed by atoms with Gasteiger partial charge in [0.05, 0.1) is 11.6 Å². The Morgan fingerprint density at radius 1 is 0.862 bits per heavy atom. The first-order chi connectivity index (χ1) is 13.6. The Morgan fingerprint density at radius 2 is 1.38 bits per heavy atom. The summed E-state index contributed by atoms with van der Waals surface area (Å²) in [6.07, 6.45) is 0.658. The molecule has 1 atom stereocenters. The van der Waals surface area contributed by atoms with Gasteiger partial charge in [-0.2, -0.15) is 0 Å². The summed E-state index contributed by atoms with van der Waals surface area (Å²) in [6, 6.07) is 16.4. The highest BCUT2D eigenvalue weighted by molar-refractivity contribution is 5.87. The minimum atomic E-state index is -0.956. The molecule has 0 heterocycles. The summed E-state index contributed by atoms with van der Waals surface area (Å²) < 4.78 is 0. The summed E-state index contributed by atoms with van der Waals surface area (Å²) in [7, 11) is 0. The minimum Gasteiger partial charge on any atom is -0.478 e. The average molecular weight is 398 g/mol. The molecular formula is C24H31NO4. The molecule has 0 fully saturated rings. The van der Waals surface area contributed by atoms with Crippen molar-refractivity contribution in [1.29, 1.82) is 0 Å². The summed E-state index contributed by atoms with van der Waals surface area (Å²) in [5, 5.41) is 12.0. The molecule has 0 radical (unpaired) electrons. The fraction of sp³-hybridized carbons (Fsp3) is 0.375. The first kappa shape index (κ1) is 24.1. The number of benzene rings is 2. The average Bonchev–Trinajstić information content (AvgIpc) is 2.68. The minimum absolute atomic E-state index is 0.0201. The lowest BCUT2D eigenvalue weighted by atomic mass is 9.97. The molecule has 0 bridgehead atoms. The van der Waals surface area contributed by atoms with E-state index in [2.05, 4.69) is 5.32 Å². The molecule has 2 N–H and O–H groups in total. The summed E-state index contributed by atoms with van der Waals surface area (Å²) in [6.45, 7) is 9.08. The Balaban J connectivity index is 0.000000612.